The van der Waals surface area contributed by atoms with Crippen molar-refractivity contribution >= 4 is 94.0 Å². The van der Waals surface area contributed by atoms with Crippen LogP contribution in [0.2, 0.25) is 0 Å². The Labute approximate surface area is 278 Å². The predicted octanol–water partition coefficient (Wildman–Crippen LogP) is 12.7. The van der Waals surface area contributed by atoms with E-state index in [0.717, 1.165) is 94.0 Å². The molecule has 11 rings (SSSR count). The van der Waals surface area contributed by atoms with Crippen LogP contribution in [0.4, 0.5) is 17.1 Å². The van der Waals surface area contributed by atoms with E-state index >= 15 is 0 Å². The number of para-hydroxylation sites is 2. The minimum absolute atomic E-state index is 0.586. The van der Waals surface area contributed by atoms with Crippen molar-refractivity contribution in [1.82, 2.24) is 4.98 Å². The fraction of sp³-hybridized carbons (Fsp3) is 0. The Morgan fingerprint density at radius 2 is 0.939 bits per heavy atom. The molecule has 0 unspecified atom stereocenters. The first kappa shape index (κ1) is 26.3. The van der Waals surface area contributed by atoms with Crippen LogP contribution in [0.25, 0.3) is 88.4 Å². The van der Waals surface area contributed by atoms with Gasteiger partial charge in [-0.25, -0.2) is 4.98 Å². The SMILES string of the molecule is c1ccc(-c2nc3ccc4oc5cc(N(c6ccc7c(c6)oc6ccccc67)c6ccc7oc8ccccc8c7c6)ccc5c4c3o2)cc1. The normalized spacial score (nSPS) is 12.1. The topological polar surface area (TPSA) is 68.7 Å². The number of nitrogens with zero attached hydrogens (tertiary/aromatic N) is 2. The summed E-state index contributed by atoms with van der Waals surface area (Å²) in [6.07, 6.45) is 0. The van der Waals surface area contributed by atoms with E-state index in [2.05, 4.69) is 65.6 Å². The van der Waals surface area contributed by atoms with Crippen LogP contribution in [0.5, 0.6) is 0 Å². The molecule has 49 heavy (non-hydrogen) atoms. The molecule has 0 radical (unpaired) electrons. The Hall–Kier alpha value is -6.79. The zero-order valence-electron chi connectivity index (χ0n) is 25.9. The molecule has 0 aliphatic carbocycles. The van der Waals surface area contributed by atoms with Gasteiger partial charge in [0.1, 0.15) is 39.0 Å². The summed E-state index contributed by atoms with van der Waals surface area (Å²) in [5.41, 5.74) is 10.2. The van der Waals surface area contributed by atoms with Gasteiger partial charge in [0, 0.05) is 61.7 Å². The lowest BCUT2D eigenvalue weighted by molar-refractivity contribution is 0.622. The summed E-state index contributed by atoms with van der Waals surface area (Å²) in [5, 5.41) is 6.17. The molecule has 7 aromatic carbocycles. The average molecular weight is 633 g/mol. The summed E-state index contributed by atoms with van der Waals surface area (Å²) in [6.45, 7) is 0. The lowest BCUT2D eigenvalue weighted by atomic mass is 10.1. The van der Waals surface area contributed by atoms with Crippen molar-refractivity contribution in [1.29, 1.82) is 0 Å². The van der Waals surface area contributed by atoms with Gasteiger partial charge in [-0.05, 0) is 78.9 Å². The Morgan fingerprint density at radius 3 is 1.73 bits per heavy atom. The molecule has 0 fully saturated rings. The number of hydrogen-bond acceptors (Lipinski definition) is 6. The summed E-state index contributed by atoms with van der Waals surface area (Å²) in [6, 6.07) is 49.2. The number of rotatable bonds is 4. The third-order valence-electron chi connectivity index (χ3n) is 9.49. The molecule has 0 saturated heterocycles. The van der Waals surface area contributed by atoms with Crippen LogP contribution in [0, 0.1) is 0 Å². The first-order chi connectivity index (χ1) is 24.2. The maximum absolute atomic E-state index is 6.52. The fourth-order valence-electron chi connectivity index (χ4n) is 7.23. The first-order valence-electron chi connectivity index (χ1n) is 16.2. The van der Waals surface area contributed by atoms with Crippen molar-refractivity contribution in [3.05, 3.63) is 146 Å². The predicted molar refractivity (Wildman–Crippen MR) is 196 cm³/mol. The van der Waals surface area contributed by atoms with Gasteiger partial charge in [-0.1, -0.05) is 54.6 Å². The summed E-state index contributed by atoms with van der Waals surface area (Å²) in [7, 11) is 0. The zero-order chi connectivity index (χ0) is 32.1. The fourth-order valence-corrected chi connectivity index (χ4v) is 7.23. The molecule has 4 heterocycles. The Balaban J connectivity index is 1.12. The highest BCUT2D eigenvalue weighted by Gasteiger charge is 2.21. The van der Waals surface area contributed by atoms with E-state index in [9.17, 15) is 0 Å². The molecule has 11 aromatic rings. The minimum Gasteiger partial charge on any atom is -0.456 e. The number of benzene rings is 7. The van der Waals surface area contributed by atoms with Gasteiger partial charge >= 0.3 is 0 Å². The van der Waals surface area contributed by atoms with E-state index in [0.29, 0.717) is 11.5 Å². The molecule has 6 heteroatoms. The highest BCUT2D eigenvalue weighted by atomic mass is 16.4. The van der Waals surface area contributed by atoms with Crippen molar-refractivity contribution in [2.24, 2.45) is 0 Å². The summed E-state index contributed by atoms with van der Waals surface area (Å²) in [5.74, 6) is 0.586. The zero-order valence-corrected chi connectivity index (χ0v) is 25.9. The molecule has 0 aliphatic heterocycles. The van der Waals surface area contributed by atoms with E-state index in [1.54, 1.807) is 0 Å². The van der Waals surface area contributed by atoms with Crippen LogP contribution in [-0.2, 0) is 0 Å². The number of hydrogen-bond donors (Lipinski definition) is 0. The second-order valence-electron chi connectivity index (χ2n) is 12.3. The van der Waals surface area contributed by atoms with Crippen molar-refractivity contribution < 1.29 is 17.7 Å². The van der Waals surface area contributed by atoms with E-state index < -0.39 is 0 Å². The summed E-state index contributed by atoms with van der Waals surface area (Å²) >= 11 is 0. The van der Waals surface area contributed by atoms with Crippen LogP contribution in [0.15, 0.2) is 163 Å². The van der Waals surface area contributed by atoms with Crippen LogP contribution in [0.1, 0.15) is 0 Å². The Kier molecular flexibility index (Phi) is 5.29. The molecule has 0 spiro atoms. The molecule has 0 aliphatic rings. The molecule has 0 N–H and O–H groups in total. The molecule has 0 saturated carbocycles. The second kappa shape index (κ2) is 9.86. The van der Waals surface area contributed by atoms with Gasteiger partial charge in [0.05, 0.1) is 5.39 Å². The monoisotopic (exact) mass is 632 g/mol. The van der Waals surface area contributed by atoms with Crippen LogP contribution in [0.3, 0.4) is 0 Å². The number of anilines is 3. The lowest BCUT2D eigenvalue weighted by Gasteiger charge is -2.25. The van der Waals surface area contributed by atoms with Crippen LogP contribution >= 0.6 is 0 Å². The number of aromatic nitrogens is 1. The van der Waals surface area contributed by atoms with E-state index in [-0.39, 0.29) is 0 Å². The minimum atomic E-state index is 0.586. The summed E-state index contributed by atoms with van der Waals surface area (Å²) in [4.78, 5) is 7.03. The average Bonchev–Trinajstić information content (AvgIpc) is 3.92. The molecule has 6 nitrogen and oxygen atoms in total. The molecule has 0 atom stereocenters. The van der Waals surface area contributed by atoms with Gasteiger partial charge in [0.15, 0.2) is 5.58 Å². The van der Waals surface area contributed by atoms with Crippen LogP contribution in [-0.4, -0.2) is 4.98 Å². The smallest absolute Gasteiger partial charge is 0.227 e. The largest absolute Gasteiger partial charge is 0.456 e. The first-order valence-corrected chi connectivity index (χ1v) is 16.2. The standard InChI is InChI=1S/C43H24N2O4/c1-2-8-25(9-3-1)43-44-34-19-21-38-41(42(34)49-43)32-18-15-28(24-40(32)48-38)45(26-16-20-37-33(22-26)30-11-5-7-13-36(30)46-37)27-14-17-31-29-10-4-6-12-35(29)47-39(31)23-27/h1-24H. The number of fused-ring (bicyclic) bond motifs is 11. The Morgan fingerprint density at radius 1 is 0.388 bits per heavy atom. The van der Waals surface area contributed by atoms with Gasteiger partial charge < -0.3 is 22.6 Å². The molecule has 0 amide bonds. The van der Waals surface area contributed by atoms with Gasteiger partial charge in [-0.2, -0.15) is 0 Å². The van der Waals surface area contributed by atoms with Crippen molar-refractivity contribution in [2.45, 2.75) is 0 Å². The van der Waals surface area contributed by atoms with Crippen molar-refractivity contribution in [2.75, 3.05) is 4.90 Å². The maximum Gasteiger partial charge on any atom is 0.227 e. The van der Waals surface area contributed by atoms with Crippen molar-refractivity contribution in [3.8, 4) is 11.5 Å². The number of oxazole rings is 1. The van der Waals surface area contributed by atoms with E-state index in [1.807, 2.05) is 84.9 Å². The van der Waals surface area contributed by atoms with E-state index in [1.165, 1.54) is 0 Å². The van der Waals surface area contributed by atoms with Gasteiger partial charge in [-0.15, -0.1) is 0 Å². The maximum atomic E-state index is 6.52. The summed E-state index contributed by atoms with van der Waals surface area (Å²) < 4.78 is 25.4. The quantitative estimate of drug-likeness (QED) is 0.192. The van der Waals surface area contributed by atoms with Crippen LogP contribution < -0.4 is 4.90 Å². The Bertz CT molecular complexity index is 3070. The van der Waals surface area contributed by atoms with E-state index in [4.69, 9.17) is 22.7 Å². The lowest BCUT2D eigenvalue weighted by Crippen LogP contribution is -2.09. The van der Waals surface area contributed by atoms with Gasteiger partial charge in [-0.3, -0.25) is 0 Å². The van der Waals surface area contributed by atoms with Gasteiger partial charge in [0.2, 0.25) is 5.89 Å². The highest BCUT2D eigenvalue weighted by Crippen LogP contribution is 2.43. The molecular formula is C43H24N2O4. The van der Waals surface area contributed by atoms with Gasteiger partial charge in [0.25, 0.3) is 0 Å². The molecule has 4 aromatic heterocycles. The molecule has 230 valence electrons. The molecular weight excluding hydrogens is 608 g/mol. The number of furan rings is 3. The van der Waals surface area contributed by atoms with Crippen molar-refractivity contribution in [3.63, 3.8) is 0 Å². The highest BCUT2D eigenvalue weighted by molar-refractivity contribution is 6.17. The second-order valence-corrected chi connectivity index (χ2v) is 12.3. The third kappa shape index (κ3) is 3.92. The third-order valence-corrected chi connectivity index (χ3v) is 9.49. The molecule has 0 bridgehead atoms.